The first-order valence-corrected chi connectivity index (χ1v) is 4.75. The minimum atomic E-state index is -0.229. The average molecular weight is 237 g/mol. The van der Waals surface area contributed by atoms with Crippen molar-refractivity contribution in [3.63, 3.8) is 0 Å². The van der Waals surface area contributed by atoms with Crippen LogP contribution in [0.5, 0.6) is 0 Å². The molecule has 0 aliphatic heterocycles. The Balaban J connectivity index is 2.81. The van der Waals surface area contributed by atoms with E-state index in [9.17, 15) is 4.39 Å². The summed E-state index contributed by atoms with van der Waals surface area (Å²) in [7, 11) is 0. The second-order valence-corrected chi connectivity index (χ2v) is 3.35. The first-order chi connectivity index (χ1) is 5.24. The van der Waals surface area contributed by atoms with E-state index >= 15 is 0 Å². The van der Waals surface area contributed by atoms with Gasteiger partial charge >= 0.3 is 0 Å². The van der Waals surface area contributed by atoms with Crippen molar-refractivity contribution in [3.05, 3.63) is 35.6 Å². The third-order valence-corrected chi connectivity index (χ3v) is 2.79. The van der Waals surface area contributed by atoms with Gasteiger partial charge in [-0.3, -0.25) is 0 Å². The van der Waals surface area contributed by atoms with E-state index in [-0.39, 0.29) is 11.2 Å². The molecule has 0 bridgehead atoms. The molecule has 0 nitrogen and oxygen atoms in total. The highest BCUT2D eigenvalue weighted by Crippen LogP contribution is 2.22. The summed E-state index contributed by atoms with van der Waals surface area (Å²) in [6.45, 7) is 0. The minimum absolute atomic E-state index is 0.0735. The smallest absolute Gasteiger partial charge is 0.123 e. The molecular weight excluding hydrogens is 230 g/mol. The largest absolute Gasteiger partial charge is 0.207 e. The van der Waals surface area contributed by atoms with Crippen LogP contribution in [0.1, 0.15) is 10.9 Å². The molecule has 0 aliphatic carbocycles. The number of hydrogen-bond donors (Lipinski definition) is 0. The quantitative estimate of drug-likeness (QED) is 0.691. The van der Waals surface area contributed by atoms with Crippen molar-refractivity contribution in [3.8, 4) is 0 Å². The monoisotopic (exact) mass is 236 g/mol. The molecule has 1 atom stereocenters. The molecule has 11 heavy (non-hydrogen) atoms. The summed E-state index contributed by atoms with van der Waals surface area (Å²) in [6.07, 6.45) is 0. The minimum Gasteiger partial charge on any atom is -0.207 e. The lowest BCUT2D eigenvalue weighted by molar-refractivity contribution is 0.627. The highest BCUT2D eigenvalue weighted by molar-refractivity contribution is 9.09. The SMILES string of the molecule is Fc1ccc(C(Cl)CBr)cc1. The van der Waals surface area contributed by atoms with Gasteiger partial charge in [-0.05, 0) is 17.7 Å². The van der Waals surface area contributed by atoms with Gasteiger partial charge in [-0.2, -0.15) is 0 Å². The van der Waals surface area contributed by atoms with Gasteiger partial charge in [-0.15, -0.1) is 11.6 Å². The van der Waals surface area contributed by atoms with Crippen LogP contribution in [0.3, 0.4) is 0 Å². The zero-order valence-corrected chi connectivity index (χ0v) is 8.07. The second-order valence-electron chi connectivity index (χ2n) is 2.17. The van der Waals surface area contributed by atoms with Gasteiger partial charge in [-0.1, -0.05) is 28.1 Å². The van der Waals surface area contributed by atoms with Crippen LogP contribution >= 0.6 is 27.5 Å². The second kappa shape index (κ2) is 4.07. The molecule has 3 heteroatoms. The van der Waals surface area contributed by atoms with E-state index in [0.29, 0.717) is 5.33 Å². The molecule has 1 aromatic carbocycles. The third kappa shape index (κ3) is 2.46. The predicted octanol–water partition coefficient (Wildman–Crippen LogP) is 3.50. The number of alkyl halides is 2. The molecule has 0 fully saturated rings. The Kier molecular flexibility index (Phi) is 3.34. The fourth-order valence-electron chi connectivity index (χ4n) is 0.761. The Morgan fingerprint density at radius 2 is 1.91 bits per heavy atom. The number of halogens is 3. The fraction of sp³-hybridized carbons (Fsp3) is 0.250. The van der Waals surface area contributed by atoms with Crippen LogP contribution in [0, 0.1) is 5.82 Å². The van der Waals surface area contributed by atoms with E-state index in [1.54, 1.807) is 12.1 Å². The lowest BCUT2D eigenvalue weighted by Crippen LogP contribution is -1.90. The molecule has 0 spiro atoms. The van der Waals surface area contributed by atoms with E-state index in [4.69, 9.17) is 11.6 Å². The van der Waals surface area contributed by atoms with Crippen molar-refractivity contribution < 1.29 is 4.39 Å². The van der Waals surface area contributed by atoms with Crippen molar-refractivity contribution in [1.29, 1.82) is 0 Å². The average Bonchev–Trinajstić information content (AvgIpc) is 2.05. The Morgan fingerprint density at radius 1 is 1.36 bits per heavy atom. The topological polar surface area (TPSA) is 0 Å². The van der Waals surface area contributed by atoms with E-state index in [0.717, 1.165) is 5.56 Å². The van der Waals surface area contributed by atoms with E-state index in [1.807, 2.05) is 0 Å². The van der Waals surface area contributed by atoms with Gasteiger partial charge in [0.25, 0.3) is 0 Å². The van der Waals surface area contributed by atoms with Crippen LogP contribution in [0.2, 0.25) is 0 Å². The first-order valence-electron chi connectivity index (χ1n) is 3.19. The fourth-order valence-corrected chi connectivity index (χ4v) is 1.28. The van der Waals surface area contributed by atoms with Crippen molar-refractivity contribution in [1.82, 2.24) is 0 Å². The first kappa shape index (κ1) is 9.01. The Labute approximate surface area is 78.5 Å². The van der Waals surface area contributed by atoms with E-state index in [1.165, 1.54) is 12.1 Å². The maximum absolute atomic E-state index is 12.4. The molecule has 0 radical (unpaired) electrons. The lowest BCUT2D eigenvalue weighted by Gasteiger charge is -2.04. The van der Waals surface area contributed by atoms with E-state index < -0.39 is 0 Å². The van der Waals surface area contributed by atoms with Crippen molar-refractivity contribution in [2.75, 3.05) is 5.33 Å². The summed E-state index contributed by atoms with van der Waals surface area (Å²) in [5.74, 6) is -0.229. The standard InChI is InChI=1S/C8H7BrClF/c9-5-8(10)6-1-3-7(11)4-2-6/h1-4,8H,5H2. The molecule has 1 unspecified atom stereocenters. The van der Waals surface area contributed by atoms with Crippen molar-refractivity contribution in [2.24, 2.45) is 0 Å². The summed E-state index contributed by atoms with van der Waals surface area (Å²) in [5.41, 5.74) is 0.935. The molecule has 0 N–H and O–H groups in total. The molecule has 0 saturated heterocycles. The molecule has 60 valence electrons. The molecule has 0 amide bonds. The Bertz CT molecular complexity index is 222. The summed E-state index contributed by atoms with van der Waals surface area (Å²) >= 11 is 9.12. The normalized spacial score (nSPS) is 13.0. The summed E-state index contributed by atoms with van der Waals surface area (Å²) in [6, 6.07) is 6.20. The number of rotatable bonds is 2. The van der Waals surface area contributed by atoms with Crippen LogP contribution in [-0.4, -0.2) is 5.33 Å². The molecule has 1 aromatic rings. The highest BCUT2D eigenvalue weighted by atomic mass is 79.9. The molecule has 1 rings (SSSR count). The third-order valence-electron chi connectivity index (χ3n) is 1.37. The Morgan fingerprint density at radius 3 is 2.36 bits per heavy atom. The summed E-state index contributed by atoms with van der Waals surface area (Å²) in [4.78, 5) is 0. The zero-order chi connectivity index (χ0) is 8.27. The lowest BCUT2D eigenvalue weighted by atomic mass is 10.2. The molecular formula is C8H7BrClF. The molecule has 0 heterocycles. The van der Waals surface area contributed by atoms with Crippen molar-refractivity contribution in [2.45, 2.75) is 5.38 Å². The molecule has 0 aliphatic rings. The highest BCUT2D eigenvalue weighted by Gasteiger charge is 2.04. The molecule has 0 saturated carbocycles. The van der Waals surface area contributed by atoms with Gasteiger partial charge in [0.15, 0.2) is 0 Å². The van der Waals surface area contributed by atoms with Gasteiger partial charge in [0.1, 0.15) is 5.82 Å². The number of benzene rings is 1. The molecule has 0 aromatic heterocycles. The van der Waals surface area contributed by atoms with Gasteiger partial charge in [0.2, 0.25) is 0 Å². The van der Waals surface area contributed by atoms with Gasteiger partial charge in [-0.25, -0.2) is 4.39 Å². The Hall–Kier alpha value is -0.0800. The maximum atomic E-state index is 12.4. The van der Waals surface area contributed by atoms with Gasteiger partial charge in [0, 0.05) is 5.33 Å². The van der Waals surface area contributed by atoms with Crippen LogP contribution < -0.4 is 0 Å². The maximum Gasteiger partial charge on any atom is 0.123 e. The van der Waals surface area contributed by atoms with E-state index in [2.05, 4.69) is 15.9 Å². The van der Waals surface area contributed by atoms with Gasteiger partial charge in [0.05, 0.1) is 5.38 Å². The predicted molar refractivity (Wildman–Crippen MR) is 48.8 cm³/mol. The van der Waals surface area contributed by atoms with Gasteiger partial charge < -0.3 is 0 Å². The van der Waals surface area contributed by atoms with Crippen LogP contribution in [0.4, 0.5) is 4.39 Å². The van der Waals surface area contributed by atoms with Crippen molar-refractivity contribution >= 4 is 27.5 Å². The summed E-state index contributed by atoms with van der Waals surface area (Å²) < 4.78 is 12.4. The van der Waals surface area contributed by atoms with Crippen LogP contribution in [0.15, 0.2) is 24.3 Å². The van der Waals surface area contributed by atoms with Crippen LogP contribution in [-0.2, 0) is 0 Å². The summed E-state index contributed by atoms with van der Waals surface area (Å²) in [5, 5.41) is 0.607. The zero-order valence-electron chi connectivity index (χ0n) is 5.73. The number of hydrogen-bond acceptors (Lipinski definition) is 0. The van der Waals surface area contributed by atoms with Crippen LogP contribution in [0.25, 0.3) is 0 Å².